The van der Waals surface area contributed by atoms with Crippen molar-refractivity contribution in [1.82, 2.24) is 9.97 Å². The number of thiazole rings is 1. The van der Waals surface area contributed by atoms with Crippen molar-refractivity contribution < 1.29 is 27.6 Å². The summed E-state index contributed by atoms with van der Waals surface area (Å²) < 4.78 is 32.5. The number of aliphatic hydroxyl groups is 1. The van der Waals surface area contributed by atoms with Crippen LogP contribution in [0, 0.1) is 13.8 Å². The van der Waals surface area contributed by atoms with E-state index < -0.39 is 13.1 Å². The fourth-order valence-electron chi connectivity index (χ4n) is 1.47. The first-order chi connectivity index (χ1) is 10.0. The summed E-state index contributed by atoms with van der Waals surface area (Å²) in [7, 11) is 0. The maximum atomic E-state index is 9.30. The summed E-state index contributed by atoms with van der Waals surface area (Å²) in [4.78, 5) is 8.52. The second-order valence-corrected chi connectivity index (χ2v) is 4.70. The van der Waals surface area contributed by atoms with Crippen molar-refractivity contribution in [3.8, 4) is 0 Å². The first kappa shape index (κ1) is 12.8. The number of aryl methyl sites for hydroxylation is 2. The van der Waals surface area contributed by atoms with Crippen LogP contribution in [0.5, 0.6) is 0 Å². The van der Waals surface area contributed by atoms with Gasteiger partial charge in [-0.1, -0.05) is 11.3 Å². The molecule has 8 heteroatoms. The van der Waals surface area contributed by atoms with Gasteiger partial charge < -0.3 is 23.2 Å². The Labute approximate surface area is 140 Å². The van der Waals surface area contributed by atoms with Crippen LogP contribution in [-0.2, 0) is 12.9 Å². The van der Waals surface area contributed by atoms with E-state index in [9.17, 15) is 5.11 Å². The third kappa shape index (κ3) is 4.28. The monoisotopic (exact) mass is 340 g/mol. The molecular formula is C12H18Cl2N4OS. The maximum absolute atomic E-state index is 9.30. The van der Waals surface area contributed by atoms with E-state index in [1.165, 1.54) is 27.6 Å². The molecule has 0 atom stereocenters. The number of hydrogen-bond donors (Lipinski definition) is 2. The van der Waals surface area contributed by atoms with E-state index in [-0.39, 0.29) is 42.6 Å². The number of hydrogen-bond acceptors (Lipinski definition) is 5. The Kier molecular flexibility index (Phi) is 5.34. The highest BCUT2D eigenvalue weighted by Gasteiger charge is 2.16. The van der Waals surface area contributed by atoms with Gasteiger partial charge in [-0.25, -0.2) is 9.97 Å². The van der Waals surface area contributed by atoms with Crippen LogP contribution >= 0.6 is 23.7 Å². The molecule has 0 aliphatic rings. The number of nitrogens with zero attached hydrogens (tertiary/aromatic N) is 3. The molecule has 0 fully saturated rings. The first-order valence-electron chi connectivity index (χ1n) is 7.33. The Hall–Kier alpha value is -0.950. The summed E-state index contributed by atoms with van der Waals surface area (Å²) in [6, 6.07) is 0. The Bertz CT molecular complexity index is 709. The van der Waals surface area contributed by atoms with E-state index in [1.54, 1.807) is 13.8 Å². The molecule has 0 aromatic carbocycles. The van der Waals surface area contributed by atoms with Crippen LogP contribution < -0.4 is 22.7 Å². The Morgan fingerprint density at radius 2 is 2.20 bits per heavy atom. The predicted octanol–water partition coefficient (Wildman–Crippen LogP) is -1.97. The average molecular weight is 341 g/mol. The van der Waals surface area contributed by atoms with E-state index in [1.807, 2.05) is 0 Å². The van der Waals surface area contributed by atoms with E-state index >= 15 is 0 Å². The zero-order chi connectivity index (χ0) is 16.7. The lowest BCUT2D eigenvalue weighted by Crippen LogP contribution is -3.00. The van der Waals surface area contributed by atoms with Crippen molar-refractivity contribution >= 4 is 29.6 Å². The quantitative estimate of drug-likeness (QED) is 0.633. The van der Waals surface area contributed by atoms with Crippen LogP contribution in [0.3, 0.4) is 0 Å². The molecule has 0 radical (unpaired) electrons. The summed E-state index contributed by atoms with van der Waals surface area (Å²) in [5, 5.41) is 9.30. The fourth-order valence-corrected chi connectivity index (χ4v) is 2.33. The molecule has 112 valence electrons. The molecule has 20 heavy (non-hydrogen) atoms. The van der Waals surface area contributed by atoms with Gasteiger partial charge in [-0.3, -0.25) is 0 Å². The smallest absolute Gasteiger partial charge is 0.225 e. The van der Waals surface area contributed by atoms with Crippen molar-refractivity contribution in [3.05, 3.63) is 33.7 Å². The lowest BCUT2D eigenvalue weighted by molar-refractivity contribution is -0.689. The predicted molar refractivity (Wildman–Crippen MR) is 77.6 cm³/mol. The molecule has 2 aromatic rings. The van der Waals surface area contributed by atoms with Gasteiger partial charge in [0.05, 0.1) is 13.2 Å². The number of nitrogen functional groups attached to an aromatic ring is 1. The first-order valence-corrected chi connectivity index (χ1v) is 6.21. The third-order valence-electron chi connectivity index (χ3n) is 2.48. The van der Waals surface area contributed by atoms with Gasteiger partial charge in [-0.2, -0.15) is 4.57 Å². The van der Waals surface area contributed by atoms with Gasteiger partial charge in [0.25, 0.3) is 0 Å². The Balaban J connectivity index is 0.00000264. The molecule has 0 saturated heterocycles. The summed E-state index contributed by atoms with van der Waals surface area (Å²) in [6.45, 7) is -0.980. The van der Waals surface area contributed by atoms with Crippen molar-refractivity contribution in [3.63, 3.8) is 0 Å². The highest BCUT2D eigenvalue weighted by Crippen LogP contribution is 2.13. The molecule has 0 amide bonds. The van der Waals surface area contributed by atoms with Gasteiger partial charge in [-0.05, 0) is 6.92 Å². The van der Waals surface area contributed by atoms with Gasteiger partial charge in [0.1, 0.15) is 14.4 Å². The number of aromatic nitrogens is 3. The van der Waals surface area contributed by atoms with Gasteiger partial charge in [-0.15, -0.1) is 12.4 Å². The zero-order valence-corrected chi connectivity index (χ0v) is 13.3. The molecule has 0 bridgehead atoms. The molecule has 0 aliphatic carbocycles. The number of halogens is 2. The molecule has 2 heterocycles. The topological polar surface area (TPSA) is 75.9 Å². The van der Waals surface area contributed by atoms with Crippen LogP contribution in [0.1, 0.15) is 27.4 Å². The standard InChI is InChI=1S/C12H17N4OS.2ClH/c1-8-11(3-4-17)18-7-16(8)6-10-5-14-9(2)15-12(10)13;;/h5,7,17H,3-4,6H2,1-2H3,(H2,13,14,15);2*1H/q+1;;/p-1/i4D2,6D2;;. The lowest BCUT2D eigenvalue weighted by Gasteiger charge is -2.01. The third-order valence-corrected chi connectivity index (χ3v) is 3.52. The van der Waals surface area contributed by atoms with Gasteiger partial charge in [0.15, 0.2) is 12.2 Å². The summed E-state index contributed by atoms with van der Waals surface area (Å²) in [6.07, 6.45) is 1.15. The largest absolute Gasteiger partial charge is 1.00 e. The van der Waals surface area contributed by atoms with Gasteiger partial charge >= 0.3 is 0 Å². The van der Waals surface area contributed by atoms with Crippen molar-refractivity contribution in [2.75, 3.05) is 12.3 Å². The Morgan fingerprint density at radius 1 is 1.50 bits per heavy atom. The number of nitrogens with two attached hydrogens (primary N) is 1. The Morgan fingerprint density at radius 3 is 2.80 bits per heavy atom. The SMILES string of the molecule is Cl.[2H]C([2H])(O)Cc1sc[n+](C([2H])([2H])c2cnc(C)nc2N)c1C.[Cl-]. The summed E-state index contributed by atoms with van der Waals surface area (Å²) in [5.74, 6) is 0.521. The zero-order valence-electron chi connectivity index (χ0n) is 14.9. The molecular weight excluding hydrogens is 319 g/mol. The fraction of sp³-hybridized carbons (Fsp3) is 0.417. The molecule has 0 unspecified atom stereocenters. The minimum atomic E-state index is -2.34. The van der Waals surface area contributed by atoms with E-state index in [2.05, 4.69) is 9.97 Å². The van der Waals surface area contributed by atoms with Gasteiger partial charge in [0, 0.05) is 26.1 Å². The highest BCUT2D eigenvalue weighted by atomic mass is 35.5. The molecule has 5 nitrogen and oxygen atoms in total. The second kappa shape index (κ2) is 8.36. The van der Waals surface area contributed by atoms with E-state index in [0.717, 1.165) is 0 Å². The maximum Gasteiger partial charge on any atom is 0.225 e. The summed E-state index contributed by atoms with van der Waals surface area (Å²) >= 11 is 1.17. The molecule has 0 saturated carbocycles. The van der Waals surface area contributed by atoms with E-state index in [4.69, 9.17) is 11.2 Å². The molecule has 2 rings (SSSR count). The van der Waals surface area contributed by atoms with Crippen molar-refractivity contribution in [1.29, 1.82) is 0 Å². The number of anilines is 1. The van der Waals surface area contributed by atoms with Crippen molar-refractivity contribution in [2.45, 2.75) is 26.8 Å². The molecule has 0 spiro atoms. The average Bonchev–Trinajstić information content (AvgIpc) is 2.68. The van der Waals surface area contributed by atoms with Crippen molar-refractivity contribution in [2.24, 2.45) is 0 Å². The summed E-state index contributed by atoms with van der Waals surface area (Å²) in [5.41, 5.74) is 8.00. The molecule has 0 aliphatic heterocycles. The lowest BCUT2D eigenvalue weighted by atomic mass is 10.2. The molecule has 3 N–H and O–H groups in total. The highest BCUT2D eigenvalue weighted by molar-refractivity contribution is 7.09. The molecule has 2 aromatic heterocycles. The number of rotatable bonds is 4. The van der Waals surface area contributed by atoms with Crippen LogP contribution in [0.15, 0.2) is 11.7 Å². The minimum Gasteiger partial charge on any atom is -1.00 e. The van der Waals surface area contributed by atoms with E-state index in [0.29, 0.717) is 16.4 Å². The van der Waals surface area contributed by atoms with Crippen LogP contribution in [0.2, 0.25) is 0 Å². The second-order valence-electron chi connectivity index (χ2n) is 3.76. The van der Waals surface area contributed by atoms with Crippen LogP contribution in [0.25, 0.3) is 0 Å². The van der Waals surface area contributed by atoms with Crippen LogP contribution in [0.4, 0.5) is 5.82 Å². The van der Waals surface area contributed by atoms with Crippen LogP contribution in [-0.4, -0.2) is 21.6 Å². The normalized spacial score (nSPS) is 14.2. The minimum absolute atomic E-state index is 0. The van der Waals surface area contributed by atoms with Gasteiger partial charge in [0.2, 0.25) is 5.51 Å².